The number of guanidine groups is 1. The molecule has 0 saturated heterocycles. The highest BCUT2D eigenvalue weighted by Crippen LogP contribution is 2.30. The molecule has 0 aliphatic heterocycles. The van der Waals surface area contributed by atoms with Crippen molar-refractivity contribution in [3.8, 4) is 0 Å². The molecule has 6 N–H and O–H groups in total. The van der Waals surface area contributed by atoms with E-state index in [1.807, 2.05) is 44.1 Å². The molecule has 0 fully saturated rings. The minimum Gasteiger partial charge on any atom is -0.377 e. The summed E-state index contributed by atoms with van der Waals surface area (Å²) in [6, 6.07) is 9.73. The van der Waals surface area contributed by atoms with Gasteiger partial charge >= 0.3 is 0 Å². The van der Waals surface area contributed by atoms with E-state index in [2.05, 4.69) is 15.0 Å². The van der Waals surface area contributed by atoms with Gasteiger partial charge in [-0.2, -0.15) is 4.72 Å². The van der Waals surface area contributed by atoms with Crippen LogP contribution in [0.4, 0.5) is 5.69 Å². The Morgan fingerprint density at radius 3 is 2.44 bits per heavy atom. The number of sulfonamides is 1. The Labute approximate surface area is 190 Å². The van der Waals surface area contributed by atoms with E-state index in [9.17, 15) is 13.2 Å². The Kier molecular flexibility index (Phi) is 9.27. The number of hydrogen-bond acceptors (Lipinski definition) is 5. The molecule has 176 valence electrons. The number of carbonyl (C=O) groups is 1. The monoisotopic (exact) mass is 462 g/mol. The Balaban J connectivity index is 2.33. The molecule has 10 heteroatoms. The maximum Gasteiger partial charge on any atom is 0.241 e. The summed E-state index contributed by atoms with van der Waals surface area (Å²) in [4.78, 5) is 18.7. The topological polar surface area (TPSA) is 143 Å². The molecule has 0 unspecified atom stereocenters. The summed E-state index contributed by atoms with van der Waals surface area (Å²) in [6.07, 6.45) is 2.45. The molecule has 1 atom stereocenters. The second-order valence-electron chi connectivity index (χ2n) is 7.79. The number of nitrogens with one attached hydrogen (secondary N) is 2. The lowest BCUT2D eigenvalue weighted by Crippen LogP contribution is -2.47. The van der Waals surface area contributed by atoms with E-state index in [0.29, 0.717) is 24.9 Å². The van der Waals surface area contributed by atoms with Gasteiger partial charge in [0.2, 0.25) is 15.9 Å². The van der Waals surface area contributed by atoms with Crippen LogP contribution in [0.15, 0.2) is 46.3 Å². The minimum atomic E-state index is -3.97. The molecule has 0 saturated carbocycles. The number of nitrogens with two attached hydrogens (primary N) is 2. The number of carbonyl (C=O) groups excluding carboxylic acids is 1. The van der Waals surface area contributed by atoms with E-state index in [-0.39, 0.29) is 23.2 Å². The van der Waals surface area contributed by atoms with Crippen LogP contribution < -0.4 is 26.4 Å². The molecule has 0 aromatic heterocycles. The number of nitrogens with zero attached hydrogens (tertiary/aromatic N) is 2. The van der Waals surface area contributed by atoms with Crippen LogP contribution in [0.3, 0.4) is 0 Å². The van der Waals surface area contributed by atoms with Gasteiger partial charge in [0.15, 0.2) is 5.96 Å². The zero-order chi connectivity index (χ0) is 23.7. The van der Waals surface area contributed by atoms with E-state index in [1.165, 1.54) is 0 Å². The molecule has 9 nitrogen and oxygen atoms in total. The highest BCUT2D eigenvalue weighted by atomic mass is 32.2. The fraction of sp³-hybridized carbons (Fsp3) is 0.455. The first-order valence-corrected chi connectivity index (χ1v) is 12.2. The van der Waals surface area contributed by atoms with Crippen molar-refractivity contribution in [2.24, 2.45) is 16.5 Å². The van der Waals surface area contributed by atoms with Gasteiger partial charge in [-0.15, -0.1) is 0 Å². The second-order valence-corrected chi connectivity index (χ2v) is 9.47. The van der Waals surface area contributed by atoms with Gasteiger partial charge in [0.05, 0.1) is 4.90 Å². The van der Waals surface area contributed by atoms with E-state index in [4.69, 9.17) is 11.5 Å². The molecule has 0 radical (unpaired) electrons. The van der Waals surface area contributed by atoms with E-state index in [0.717, 1.165) is 23.9 Å². The maximum atomic E-state index is 13.3. The van der Waals surface area contributed by atoms with Crippen molar-refractivity contribution in [2.45, 2.75) is 43.5 Å². The van der Waals surface area contributed by atoms with Crippen LogP contribution in [0.25, 0.3) is 10.8 Å². The normalized spacial score (nSPS) is 12.3. The van der Waals surface area contributed by atoms with Gasteiger partial charge < -0.3 is 21.7 Å². The number of anilines is 1. The van der Waals surface area contributed by atoms with E-state index >= 15 is 0 Å². The van der Waals surface area contributed by atoms with Gasteiger partial charge in [-0.25, -0.2) is 8.42 Å². The van der Waals surface area contributed by atoms with Gasteiger partial charge in [-0.3, -0.25) is 9.79 Å². The fourth-order valence-corrected chi connectivity index (χ4v) is 4.85. The van der Waals surface area contributed by atoms with Gasteiger partial charge in [-0.05, 0) is 31.4 Å². The summed E-state index contributed by atoms with van der Waals surface area (Å²) in [7, 11) is -0.164. The van der Waals surface area contributed by atoms with Crippen molar-refractivity contribution in [3.05, 3.63) is 36.4 Å². The lowest BCUT2D eigenvalue weighted by atomic mass is 10.1. The van der Waals surface area contributed by atoms with Crippen LogP contribution in [0, 0.1) is 0 Å². The second kappa shape index (κ2) is 11.7. The zero-order valence-electron chi connectivity index (χ0n) is 19.0. The molecule has 32 heavy (non-hydrogen) atoms. The van der Waals surface area contributed by atoms with Gasteiger partial charge in [0.25, 0.3) is 0 Å². The third kappa shape index (κ3) is 6.83. The number of aliphatic imine (C=N–C) groups is 1. The van der Waals surface area contributed by atoms with Gasteiger partial charge in [0.1, 0.15) is 6.04 Å². The molecule has 0 aliphatic carbocycles. The molecule has 0 aliphatic rings. The Morgan fingerprint density at radius 1 is 1.09 bits per heavy atom. The van der Waals surface area contributed by atoms with Crippen LogP contribution in [0.1, 0.15) is 32.6 Å². The predicted octanol–water partition coefficient (Wildman–Crippen LogP) is 1.52. The Hall–Kier alpha value is -2.85. The van der Waals surface area contributed by atoms with Crippen LogP contribution in [0.5, 0.6) is 0 Å². The largest absolute Gasteiger partial charge is 0.377 e. The summed E-state index contributed by atoms with van der Waals surface area (Å²) in [5, 5.41) is 4.22. The van der Waals surface area contributed by atoms with Crippen molar-refractivity contribution in [3.63, 3.8) is 0 Å². The number of unbranched alkanes of at least 4 members (excludes halogenated alkanes) is 1. The summed E-state index contributed by atoms with van der Waals surface area (Å²) in [6.45, 7) is 2.81. The van der Waals surface area contributed by atoms with Crippen molar-refractivity contribution >= 4 is 38.3 Å². The average molecular weight is 463 g/mol. The van der Waals surface area contributed by atoms with Crippen molar-refractivity contribution in [1.82, 2.24) is 10.0 Å². The van der Waals surface area contributed by atoms with Gasteiger partial charge in [0, 0.05) is 43.6 Å². The first kappa shape index (κ1) is 25.4. The quantitative estimate of drug-likeness (QED) is 0.214. The van der Waals surface area contributed by atoms with Crippen molar-refractivity contribution < 1.29 is 13.2 Å². The third-order valence-corrected chi connectivity index (χ3v) is 6.55. The molecular formula is C22H34N6O3S. The fourth-order valence-electron chi connectivity index (χ4n) is 3.40. The summed E-state index contributed by atoms with van der Waals surface area (Å²) in [5.74, 6) is -0.400. The highest BCUT2D eigenvalue weighted by molar-refractivity contribution is 7.89. The Morgan fingerprint density at radius 2 is 1.78 bits per heavy atom. The van der Waals surface area contributed by atoms with Crippen LogP contribution in [-0.4, -0.2) is 53.5 Å². The highest BCUT2D eigenvalue weighted by Gasteiger charge is 2.26. The lowest BCUT2D eigenvalue weighted by Gasteiger charge is -2.20. The minimum absolute atomic E-state index is 0.0398. The van der Waals surface area contributed by atoms with Crippen molar-refractivity contribution in [1.29, 1.82) is 0 Å². The summed E-state index contributed by atoms with van der Waals surface area (Å²) in [5.41, 5.74) is 11.6. The summed E-state index contributed by atoms with van der Waals surface area (Å²) < 4.78 is 29.3. The smallest absolute Gasteiger partial charge is 0.241 e. The maximum absolute atomic E-state index is 13.3. The molecule has 0 bridgehead atoms. The standard InChI is InChI=1S/C22H34N6O3S/c1-4-5-14-25-21(29)18(11-8-15-26-22(23)24)27-32(30,31)20-13-7-9-16-17(20)10-6-12-19(16)28(2)3/h6-7,9-10,12-13,18,27H,4-5,8,11,14-15H2,1-3H3,(H,25,29)(H4,23,24,26)/t18-/m0/s1. The summed E-state index contributed by atoms with van der Waals surface area (Å²) >= 11 is 0. The Bertz CT molecular complexity index is 1050. The number of hydrogen-bond donors (Lipinski definition) is 4. The van der Waals surface area contributed by atoms with E-state index < -0.39 is 16.1 Å². The molecule has 0 heterocycles. The first-order valence-electron chi connectivity index (χ1n) is 10.7. The molecule has 1 amide bonds. The number of amides is 1. The number of fused-ring (bicyclic) bond motifs is 1. The number of benzene rings is 2. The average Bonchev–Trinajstić information content (AvgIpc) is 2.74. The third-order valence-electron chi connectivity index (χ3n) is 5.02. The van der Waals surface area contributed by atoms with Gasteiger partial charge in [-0.1, -0.05) is 37.6 Å². The predicted molar refractivity (Wildman–Crippen MR) is 130 cm³/mol. The SMILES string of the molecule is CCCCNC(=O)[C@H](CCCN=C(N)N)NS(=O)(=O)c1cccc2c(N(C)C)cccc12. The molecular weight excluding hydrogens is 428 g/mol. The zero-order valence-corrected chi connectivity index (χ0v) is 19.8. The molecule has 2 aromatic rings. The lowest BCUT2D eigenvalue weighted by molar-refractivity contribution is -0.122. The first-order chi connectivity index (χ1) is 15.2. The van der Waals surface area contributed by atoms with Crippen LogP contribution in [-0.2, 0) is 14.8 Å². The molecule has 2 aromatic carbocycles. The van der Waals surface area contributed by atoms with E-state index in [1.54, 1.807) is 18.2 Å². The van der Waals surface area contributed by atoms with Crippen molar-refractivity contribution in [2.75, 3.05) is 32.1 Å². The molecule has 2 rings (SSSR count). The van der Waals surface area contributed by atoms with Crippen LogP contribution in [0.2, 0.25) is 0 Å². The van der Waals surface area contributed by atoms with Crippen LogP contribution >= 0.6 is 0 Å². The number of rotatable bonds is 12. The molecule has 0 spiro atoms.